The first-order valence-corrected chi connectivity index (χ1v) is 16.2. The number of aromatic nitrogens is 2. The number of H-pyrrole nitrogens is 1. The number of anilines is 1. The van der Waals surface area contributed by atoms with Crippen molar-refractivity contribution in [1.29, 1.82) is 0 Å². The maximum absolute atomic E-state index is 13.4. The Morgan fingerprint density at radius 1 is 1.07 bits per heavy atom. The molecule has 2 heterocycles. The molecule has 2 amide bonds. The monoisotopic (exact) mass is 680 g/mol. The van der Waals surface area contributed by atoms with Crippen molar-refractivity contribution in [1.82, 2.24) is 24.7 Å². The van der Waals surface area contributed by atoms with Crippen molar-refractivity contribution in [2.75, 3.05) is 39.0 Å². The van der Waals surface area contributed by atoms with E-state index in [0.717, 1.165) is 0 Å². The van der Waals surface area contributed by atoms with Gasteiger partial charge in [-0.05, 0) is 62.8 Å². The average molecular weight is 682 g/mol. The fourth-order valence-electron chi connectivity index (χ4n) is 4.62. The van der Waals surface area contributed by atoms with E-state index in [9.17, 15) is 22.8 Å². The van der Waals surface area contributed by atoms with Gasteiger partial charge in [-0.1, -0.05) is 53.0 Å². The lowest BCUT2D eigenvalue weighted by atomic mass is 10.1. The fraction of sp³-hybridized carbons (Fsp3) is 0.310. The minimum atomic E-state index is -3.81. The molecule has 4 rings (SSSR count). The van der Waals surface area contributed by atoms with Crippen LogP contribution in [0.1, 0.15) is 39.3 Å². The highest BCUT2D eigenvalue weighted by atomic mass is 35.5. The van der Waals surface area contributed by atoms with Crippen molar-refractivity contribution in [3.05, 3.63) is 86.6 Å². The summed E-state index contributed by atoms with van der Waals surface area (Å²) >= 11 is 18.2. The molecule has 2 aromatic carbocycles. The summed E-state index contributed by atoms with van der Waals surface area (Å²) in [5, 5.41) is 12.3. The quantitative estimate of drug-likeness (QED) is 0.254. The van der Waals surface area contributed by atoms with Crippen LogP contribution in [0.5, 0.6) is 0 Å². The molecule has 0 aliphatic carbocycles. The second-order valence-electron chi connectivity index (χ2n) is 10.5. The summed E-state index contributed by atoms with van der Waals surface area (Å²) in [7, 11) is -0.0128. The number of nitrogens with one attached hydrogen (secondary N) is 3. The molecule has 0 radical (unpaired) electrons. The number of hydrogen-bond donors (Lipinski definition) is 3. The number of carbonyl (C=O) groups is 3. The standard InChI is InChI=1S/C29H31Cl3N6O5S/c1-37(2)10-4-6-21(39)13-18-5-3-7-22(14-18)44(42,43)38-11-8-20(9-12-38)34-29(41)27-25(17-33-36-27)35-28(40)26-23(31)15-19(30)16-24(26)32/h3-7,14-17,20H,8-13H2,1-2H3,(H,33,36)(H,34,41)(H,35,40). The molecule has 1 saturated heterocycles. The van der Waals surface area contributed by atoms with Crippen LogP contribution in [0, 0.1) is 0 Å². The number of nitrogens with zero attached hydrogens (tertiary/aromatic N) is 3. The van der Waals surface area contributed by atoms with Gasteiger partial charge in [-0.3, -0.25) is 19.5 Å². The molecule has 1 aromatic heterocycles. The number of sulfonamides is 1. The third-order valence-corrected chi connectivity index (χ3v) is 9.54. The third-order valence-electron chi connectivity index (χ3n) is 6.83. The number of allylic oxidation sites excluding steroid dienone is 1. The summed E-state index contributed by atoms with van der Waals surface area (Å²) in [5.74, 6) is -1.29. The summed E-state index contributed by atoms with van der Waals surface area (Å²) in [6.45, 7) is 0.999. The normalized spacial score (nSPS) is 14.7. The molecular formula is C29H31Cl3N6O5S. The lowest BCUT2D eigenvalue weighted by molar-refractivity contribution is -0.114. The van der Waals surface area contributed by atoms with Crippen LogP contribution in [0.15, 0.2) is 59.6 Å². The van der Waals surface area contributed by atoms with E-state index in [-0.39, 0.29) is 68.2 Å². The second-order valence-corrected chi connectivity index (χ2v) is 13.7. The van der Waals surface area contributed by atoms with Gasteiger partial charge in [0, 0.05) is 37.1 Å². The van der Waals surface area contributed by atoms with Crippen LogP contribution in [0.2, 0.25) is 15.1 Å². The van der Waals surface area contributed by atoms with Gasteiger partial charge in [0.1, 0.15) is 5.69 Å². The van der Waals surface area contributed by atoms with E-state index in [4.69, 9.17) is 34.8 Å². The summed E-state index contributed by atoms with van der Waals surface area (Å²) in [5.41, 5.74) is 0.724. The number of hydrogen-bond acceptors (Lipinski definition) is 7. The lowest BCUT2D eigenvalue weighted by Crippen LogP contribution is -2.46. The molecule has 15 heteroatoms. The number of likely N-dealkylation sites (N-methyl/N-ethyl adjacent to an activating group) is 1. The number of rotatable bonds is 11. The number of piperidine rings is 1. The van der Waals surface area contributed by atoms with Crippen LogP contribution < -0.4 is 10.6 Å². The summed E-state index contributed by atoms with van der Waals surface area (Å²) in [6, 6.07) is 8.83. The maximum Gasteiger partial charge on any atom is 0.271 e. The molecule has 44 heavy (non-hydrogen) atoms. The van der Waals surface area contributed by atoms with Gasteiger partial charge in [0.25, 0.3) is 11.8 Å². The van der Waals surface area contributed by atoms with Crippen molar-refractivity contribution in [2.45, 2.75) is 30.2 Å². The molecule has 0 spiro atoms. The molecule has 0 saturated carbocycles. The molecular weight excluding hydrogens is 651 g/mol. The van der Waals surface area contributed by atoms with Gasteiger partial charge >= 0.3 is 0 Å². The highest BCUT2D eigenvalue weighted by Crippen LogP contribution is 2.30. The first kappa shape index (κ1) is 33.6. The Morgan fingerprint density at radius 3 is 2.41 bits per heavy atom. The van der Waals surface area contributed by atoms with Crippen LogP contribution in [0.4, 0.5) is 5.69 Å². The molecule has 0 atom stereocenters. The Balaban J connectivity index is 1.34. The molecule has 1 fully saturated rings. The number of halogens is 3. The van der Waals surface area contributed by atoms with E-state index in [1.165, 1.54) is 40.8 Å². The largest absolute Gasteiger partial charge is 0.348 e. The molecule has 3 aromatic rings. The molecule has 11 nitrogen and oxygen atoms in total. The van der Waals surface area contributed by atoms with Gasteiger partial charge in [0.2, 0.25) is 10.0 Å². The smallest absolute Gasteiger partial charge is 0.271 e. The first-order chi connectivity index (χ1) is 20.8. The number of carbonyl (C=O) groups excluding carboxylic acids is 3. The average Bonchev–Trinajstić information content (AvgIpc) is 3.41. The van der Waals surface area contributed by atoms with E-state index in [1.54, 1.807) is 18.2 Å². The van der Waals surface area contributed by atoms with Crippen LogP contribution in [-0.4, -0.2) is 85.2 Å². The minimum Gasteiger partial charge on any atom is -0.348 e. The third kappa shape index (κ3) is 8.46. The van der Waals surface area contributed by atoms with Gasteiger partial charge in [0.05, 0.1) is 32.4 Å². The Labute approximate surface area is 270 Å². The Morgan fingerprint density at radius 2 is 1.75 bits per heavy atom. The van der Waals surface area contributed by atoms with Crippen LogP contribution >= 0.6 is 34.8 Å². The number of amides is 2. The van der Waals surface area contributed by atoms with Gasteiger partial charge in [0.15, 0.2) is 5.78 Å². The maximum atomic E-state index is 13.4. The Kier molecular flexibility index (Phi) is 11.2. The topological polar surface area (TPSA) is 145 Å². The second kappa shape index (κ2) is 14.7. The van der Waals surface area contributed by atoms with Gasteiger partial charge in [-0.25, -0.2) is 8.42 Å². The van der Waals surface area contributed by atoms with Crippen molar-refractivity contribution < 1.29 is 22.8 Å². The minimum absolute atomic E-state index is 0.00662. The zero-order valence-electron chi connectivity index (χ0n) is 23.9. The summed E-state index contributed by atoms with van der Waals surface area (Å²) < 4.78 is 28.1. The zero-order chi connectivity index (χ0) is 32.0. The fourth-order valence-corrected chi connectivity index (χ4v) is 7.15. The molecule has 1 aliphatic rings. The van der Waals surface area contributed by atoms with E-state index >= 15 is 0 Å². The molecule has 0 bridgehead atoms. The number of ketones is 1. The van der Waals surface area contributed by atoms with Gasteiger partial charge in [-0.2, -0.15) is 9.40 Å². The SMILES string of the molecule is CN(C)CC=CC(=O)Cc1cccc(S(=O)(=O)N2CCC(NC(=O)c3[nH]ncc3NC(=O)c3c(Cl)cc(Cl)cc3Cl)CC2)c1. The van der Waals surface area contributed by atoms with Crippen molar-refractivity contribution in [3.63, 3.8) is 0 Å². The number of benzene rings is 2. The predicted molar refractivity (Wildman–Crippen MR) is 170 cm³/mol. The highest BCUT2D eigenvalue weighted by Gasteiger charge is 2.31. The van der Waals surface area contributed by atoms with E-state index in [2.05, 4.69) is 20.8 Å². The lowest BCUT2D eigenvalue weighted by Gasteiger charge is -2.31. The summed E-state index contributed by atoms with van der Waals surface area (Å²) in [6.07, 6.45) is 5.38. The number of aromatic amines is 1. The van der Waals surface area contributed by atoms with Crippen molar-refractivity contribution >= 4 is 68.1 Å². The summed E-state index contributed by atoms with van der Waals surface area (Å²) in [4.78, 5) is 40.2. The molecule has 1 aliphatic heterocycles. The van der Waals surface area contributed by atoms with Crippen molar-refractivity contribution in [3.8, 4) is 0 Å². The van der Waals surface area contributed by atoms with Gasteiger partial charge in [-0.15, -0.1) is 0 Å². The molecule has 3 N–H and O–H groups in total. The van der Waals surface area contributed by atoms with E-state index < -0.39 is 21.8 Å². The van der Waals surface area contributed by atoms with Crippen molar-refractivity contribution in [2.24, 2.45) is 0 Å². The zero-order valence-corrected chi connectivity index (χ0v) is 27.0. The highest BCUT2D eigenvalue weighted by molar-refractivity contribution is 7.89. The van der Waals surface area contributed by atoms with E-state index in [0.29, 0.717) is 24.9 Å². The molecule has 0 unspecified atom stereocenters. The van der Waals surface area contributed by atoms with Gasteiger partial charge < -0.3 is 15.5 Å². The molecule has 234 valence electrons. The van der Waals surface area contributed by atoms with Crippen LogP contribution in [-0.2, 0) is 21.2 Å². The predicted octanol–water partition coefficient (Wildman–Crippen LogP) is 4.43. The Hall–Kier alpha value is -3.26. The van der Waals surface area contributed by atoms with Crippen LogP contribution in [0.3, 0.4) is 0 Å². The van der Waals surface area contributed by atoms with Crippen LogP contribution in [0.25, 0.3) is 0 Å². The first-order valence-electron chi connectivity index (χ1n) is 13.6. The van der Waals surface area contributed by atoms with E-state index in [1.807, 2.05) is 19.0 Å². The Bertz CT molecular complexity index is 1660.